The number of rotatable bonds is 9. The molecule has 0 nitrogen and oxygen atoms in total. The fourth-order valence-electron chi connectivity index (χ4n) is 2.97. The van der Waals surface area contributed by atoms with Crippen molar-refractivity contribution in [2.45, 2.75) is 85.5 Å². The van der Waals surface area contributed by atoms with Gasteiger partial charge in [0.15, 0.2) is 0 Å². The Morgan fingerprint density at radius 2 is 1.37 bits per heavy atom. The van der Waals surface area contributed by atoms with Gasteiger partial charge < -0.3 is 0 Å². The zero-order valence-electron chi connectivity index (χ0n) is 19.8. The monoisotopic (exact) mass is 416 g/mol. The van der Waals surface area contributed by atoms with Gasteiger partial charge in [-0.25, -0.2) is 8.78 Å². The van der Waals surface area contributed by atoms with E-state index in [0.717, 1.165) is 6.42 Å². The van der Waals surface area contributed by atoms with Crippen LogP contribution in [0.15, 0.2) is 67.3 Å². The molecule has 0 N–H and O–H groups in total. The van der Waals surface area contributed by atoms with Crippen molar-refractivity contribution in [1.29, 1.82) is 0 Å². The number of hydrogen-bond donors (Lipinski definition) is 0. The van der Waals surface area contributed by atoms with E-state index < -0.39 is 5.92 Å². The van der Waals surface area contributed by atoms with E-state index in [9.17, 15) is 8.78 Å². The first kappa shape index (κ1) is 28.0. The highest BCUT2D eigenvalue weighted by Crippen LogP contribution is 2.25. The number of aryl methyl sites for hydroxylation is 2. The molecule has 0 bridgehead atoms. The van der Waals surface area contributed by atoms with Crippen LogP contribution in [0.4, 0.5) is 8.78 Å². The van der Waals surface area contributed by atoms with Gasteiger partial charge >= 0.3 is 0 Å². The minimum atomic E-state index is -2.40. The van der Waals surface area contributed by atoms with Gasteiger partial charge in [0, 0.05) is 12.8 Å². The summed E-state index contributed by atoms with van der Waals surface area (Å²) in [5, 5.41) is 0. The van der Waals surface area contributed by atoms with E-state index in [2.05, 4.69) is 81.9 Å². The molecule has 0 saturated carbocycles. The van der Waals surface area contributed by atoms with Crippen LogP contribution in [0.2, 0.25) is 0 Å². The van der Waals surface area contributed by atoms with Crippen LogP contribution >= 0.6 is 0 Å². The van der Waals surface area contributed by atoms with Gasteiger partial charge in [-0.2, -0.15) is 0 Å². The van der Waals surface area contributed by atoms with E-state index in [4.69, 9.17) is 0 Å². The van der Waals surface area contributed by atoms with Gasteiger partial charge in [0.25, 0.3) is 0 Å². The molecule has 0 heterocycles. The zero-order chi connectivity index (χ0) is 22.8. The third-order valence-electron chi connectivity index (χ3n) is 4.69. The number of benzene rings is 2. The Morgan fingerprint density at radius 3 is 1.80 bits per heavy atom. The maximum atomic E-state index is 12.4. The lowest BCUT2D eigenvalue weighted by molar-refractivity contribution is -0.0173. The van der Waals surface area contributed by atoms with Crippen LogP contribution in [-0.4, -0.2) is 5.92 Å². The molecule has 168 valence electrons. The topological polar surface area (TPSA) is 0 Å². The highest BCUT2D eigenvalue weighted by Gasteiger charge is 2.25. The predicted octanol–water partition coefficient (Wildman–Crippen LogP) is 9.22. The first-order valence-corrected chi connectivity index (χ1v) is 11.4. The molecule has 0 fully saturated rings. The number of hydrogen-bond acceptors (Lipinski definition) is 0. The van der Waals surface area contributed by atoms with Crippen molar-refractivity contribution in [3.05, 3.63) is 83.9 Å². The molecule has 30 heavy (non-hydrogen) atoms. The van der Waals surface area contributed by atoms with Gasteiger partial charge in [-0.3, -0.25) is 0 Å². The maximum Gasteiger partial charge on any atom is 0.248 e. The van der Waals surface area contributed by atoms with Gasteiger partial charge in [-0.1, -0.05) is 113 Å². The molecule has 0 spiro atoms. The summed E-state index contributed by atoms with van der Waals surface area (Å²) in [5.41, 5.74) is 4.16. The summed E-state index contributed by atoms with van der Waals surface area (Å²) in [7, 11) is 0. The van der Waals surface area contributed by atoms with Crippen LogP contribution < -0.4 is 0 Å². The fourth-order valence-corrected chi connectivity index (χ4v) is 2.97. The van der Waals surface area contributed by atoms with Gasteiger partial charge in [-0.15, -0.1) is 6.58 Å². The van der Waals surface area contributed by atoms with Crippen molar-refractivity contribution >= 4 is 0 Å². The van der Waals surface area contributed by atoms with Gasteiger partial charge in [0.2, 0.25) is 5.92 Å². The van der Waals surface area contributed by atoms with Crippen LogP contribution in [0.25, 0.3) is 0 Å². The van der Waals surface area contributed by atoms with Crippen molar-refractivity contribution in [2.24, 2.45) is 5.92 Å². The van der Waals surface area contributed by atoms with E-state index >= 15 is 0 Å². The maximum absolute atomic E-state index is 12.4. The van der Waals surface area contributed by atoms with Crippen LogP contribution in [0, 0.1) is 12.8 Å². The molecule has 2 aromatic rings. The first-order valence-electron chi connectivity index (χ1n) is 11.4. The molecule has 0 aliphatic carbocycles. The summed E-state index contributed by atoms with van der Waals surface area (Å²) in [4.78, 5) is 0. The summed E-state index contributed by atoms with van der Waals surface area (Å²) in [6.07, 6.45) is 6.79. The molecule has 0 radical (unpaired) electrons. The Kier molecular flexibility index (Phi) is 15.7. The Balaban J connectivity index is 0.000000428. The molecular weight excluding hydrogens is 374 g/mol. The molecule has 0 saturated heterocycles. The first-order chi connectivity index (χ1) is 14.3. The largest absolute Gasteiger partial charge is 0.248 e. The number of halogens is 2. The van der Waals surface area contributed by atoms with Crippen molar-refractivity contribution in [1.82, 2.24) is 0 Å². The second kappa shape index (κ2) is 16.8. The lowest BCUT2D eigenvalue weighted by Crippen LogP contribution is -2.14. The lowest BCUT2D eigenvalue weighted by atomic mass is 10.0. The third kappa shape index (κ3) is 15.0. The summed E-state index contributed by atoms with van der Waals surface area (Å²) < 4.78 is 24.8. The van der Waals surface area contributed by atoms with E-state index in [1.54, 1.807) is 13.8 Å². The fraction of sp³-hybridized carbons (Fsp3) is 0.500. The molecule has 2 rings (SSSR count). The summed E-state index contributed by atoms with van der Waals surface area (Å²) >= 11 is 0. The van der Waals surface area contributed by atoms with Crippen molar-refractivity contribution in [2.75, 3.05) is 0 Å². The zero-order valence-corrected chi connectivity index (χ0v) is 19.8. The normalized spacial score (nSPS) is 11.4. The standard InChI is InChI=1S/C12H16.C9H12.C7H14F2/c1-4-10(2)9-12-7-5-11(3)6-8-12;1-2-6-9-7-4-3-5-8-9;1-3-5-7(8,9)6-4-2/h4-8,10H,1,9H2,2-3H3;3-5,7-8H,2,6H2,1H3;3-6H2,1-2H3. The Morgan fingerprint density at radius 1 is 0.833 bits per heavy atom. The molecule has 1 unspecified atom stereocenters. The van der Waals surface area contributed by atoms with Gasteiger partial charge in [-0.05, 0) is 36.8 Å². The second-order valence-corrected chi connectivity index (χ2v) is 7.99. The highest BCUT2D eigenvalue weighted by molar-refractivity contribution is 5.22. The van der Waals surface area contributed by atoms with E-state index in [1.807, 2.05) is 6.08 Å². The Bertz CT molecular complexity index is 636. The van der Waals surface area contributed by atoms with Crippen LogP contribution in [0.3, 0.4) is 0 Å². The number of alkyl halides is 2. The molecule has 0 aliphatic heterocycles. The molecule has 0 aromatic heterocycles. The lowest BCUT2D eigenvalue weighted by Gasteiger charge is -2.12. The third-order valence-corrected chi connectivity index (χ3v) is 4.69. The molecule has 0 aliphatic rings. The van der Waals surface area contributed by atoms with Crippen molar-refractivity contribution in [3.63, 3.8) is 0 Å². The molecule has 0 amide bonds. The van der Waals surface area contributed by atoms with Gasteiger partial charge in [0.1, 0.15) is 0 Å². The van der Waals surface area contributed by atoms with Crippen LogP contribution in [-0.2, 0) is 12.8 Å². The molecular formula is C28H42F2. The van der Waals surface area contributed by atoms with Crippen molar-refractivity contribution < 1.29 is 8.78 Å². The molecule has 2 heteroatoms. The average Bonchev–Trinajstić information content (AvgIpc) is 2.71. The Labute approximate surface area is 184 Å². The minimum absolute atomic E-state index is 0.0425. The quantitative estimate of drug-likeness (QED) is 0.357. The SMILES string of the molecule is C=CC(C)Cc1ccc(C)cc1.CCCC(F)(F)CCC.CCCc1ccccc1. The predicted molar refractivity (Wildman–Crippen MR) is 129 cm³/mol. The van der Waals surface area contributed by atoms with Crippen LogP contribution in [0.1, 0.15) is 76.5 Å². The molecule has 2 aromatic carbocycles. The average molecular weight is 417 g/mol. The Hall–Kier alpha value is -1.96. The summed E-state index contributed by atoms with van der Waals surface area (Å²) in [6.45, 7) is 13.8. The molecule has 1 atom stereocenters. The number of allylic oxidation sites excluding steroid dienone is 1. The van der Waals surface area contributed by atoms with Gasteiger partial charge in [0.05, 0.1) is 0 Å². The highest BCUT2D eigenvalue weighted by atomic mass is 19.3. The van der Waals surface area contributed by atoms with Crippen LogP contribution in [0.5, 0.6) is 0 Å². The smallest absolute Gasteiger partial charge is 0.207 e. The van der Waals surface area contributed by atoms with E-state index in [0.29, 0.717) is 18.8 Å². The van der Waals surface area contributed by atoms with E-state index in [-0.39, 0.29) is 12.8 Å². The van der Waals surface area contributed by atoms with Crippen molar-refractivity contribution in [3.8, 4) is 0 Å². The summed E-state index contributed by atoms with van der Waals surface area (Å²) in [6, 6.07) is 19.3. The summed E-state index contributed by atoms with van der Waals surface area (Å²) in [5.74, 6) is -1.82. The minimum Gasteiger partial charge on any atom is -0.207 e. The van der Waals surface area contributed by atoms with E-state index in [1.165, 1.54) is 29.5 Å². The second-order valence-electron chi connectivity index (χ2n) is 7.99.